The van der Waals surface area contributed by atoms with Crippen LogP contribution in [-0.4, -0.2) is 32.1 Å². The van der Waals surface area contributed by atoms with E-state index in [1.54, 1.807) is 24.3 Å². The summed E-state index contributed by atoms with van der Waals surface area (Å²) in [5.41, 5.74) is 0.640. The van der Waals surface area contributed by atoms with Crippen molar-refractivity contribution in [3.05, 3.63) is 29.8 Å². The number of hydrogen-bond donors (Lipinski definition) is 2. The average molecular weight is 276 g/mol. The number of esters is 1. The van der Waals surface area contributed by atoms with Gasteiger partial charge in [-0.1, -0.05) is 6.07 Å². The number of hydrogen-bond acceptors (Lipinski definition) is 4. The van der Waals surface area contributed by atoms with E-state index < -0.39 is 11.4 Å². The van der Waals surface area contributed by atoms with Crippen LogP contribution in [0.15, 0.2) is 24.3 Å². The standard InChI is InChI=1S/C15H20N2O3/c1-15(7-4-8-16-10-15)14(19)17-12-6-3-5-11(9-12)13(18)20-2/h3,5-6,9,16H,4,7-8,10H2,1-2H3,(H,17,19). The third-order valence-corrected chi connectivity index (χ3v) is 3.69. The maximum absolute atomic E-state index is 12.4. The first kappa shape index (κ1) is 14.5. The van der Waals surface area contributed by atoms with Crippen LogP contribution in [0.4, 0.5) is 5.69 Å². The van der Waals surface area contributed by atoms with Crippen molar-refractivity contribution in [3.8, 4) is 0 Å². The highest BCUT2D eigenvalue weighted by Crippen LogP contribution is 2.27. The lowest BCUT2D eigenvalue weighted by Gasteiger charge is -2.32. The zero-order valence-electron chi connectivity index (χ0n) is 11.9. The van der Waals surface area contributed by atoms with E-state index in [1.807, 2.05) is 6.92 Å². The van der Waals surface area contributed by atoms with Gasteiger partial charge in [-0.3, -0.25) is 4.79 Å². The van der Waals surface area contributed by atoms with Gasteiger partial charge in [0.15, 0.2) is 0 Å². The van der Waals surface area contributed by atoms with Crippen molar-refractivity contribution in [2.75, 3.05) is 25.5 Å². The normalized spacial score (nSPS) is 22.1. The largest absolute Gasteiger partial charge is 0.465 e. The predicted molar refractivity (Wildman–Crippen MR) is 76.6 cm³/mol. The van der Waals surface area contributed by atoms with Crippen molar-refractivity contribution in [2.24, 2.45) is 5.41 Å². The van der Waals surface area contributed by atoms with E-state index >= 15 is 0 Å². The Kier molecular flexibility index (Phi) is 4.39. The maximum Gasteiger partial charge on any atom is 0.337 e. The van der Waals surface area contributed by atoms with Gasteiger partial charge in [0, 0.05) is 12.2 Å². The molecule has 1 heterocycles. The third kappa shape index (κ3) is 3.17. The molecule has 0 radical (unpaired) electrons. The summed E-state index contributed by atoms with van der Waals surface area (Å²) in [6, 6.07) is 6.78. The molecule has 0 aromatic heterocycles. The number of methoxy groups -OCH3 is 1. The molecule has 20 heavy (non-hydrogen) atoms. The van der Waals surface area contributed by atoms with E-state index in [1.165, 1.54) is 7.11 Å². The first-order valence-corrected chi connectivity index (χ1v) is 6.76. The number of amides is 1. The molecule has 1 aliphatic heterocycles. The zero-order valence-corrected chi connectivity index (χ0v) is 11.9. The molecule has 1 amide bonds. The van der Waals surface area contributed by atoms with E-state index in [0.717, 1.165) is 19.4 Å². The minimum absolute atomic E-state index is 0.0216. The van der Waals surface area contributed by atoms with Gasteiger partial charge < -0.3 is 15.4 Å². The highest BCUT2D eigenvalue weighted by molar-refractivity contribution is 5.97. The lowest BCUT2D eigenvalue weighted by atomic mass is 9.82. The van der Waals surface area contributed by atoms with Crippen molar-refractivity contribution < 1.29 is 14.3 Å². The van der Waals surface area contributed by atoms with E-state index in [9.17, 15) is 9.59 Å². The van der Waals surface area contributed by atoms with Crippen molar-refractivity contribution >= 4 is 17.6 Å². The molecule has 0 saturated carbocycles. The lowest BCUT2D eigenvalue weighted by molar-refractivity contribution is -0.125. The second-order valence-electron chi connectivity index (χ2n) is 5.37. The van der Waals surface area contributed by atoms with Crippen LogP contribution in [0.3, 0.4) is 0 Å². The molecule has 1 aromatic rings. The lowest BCUT2D eigenvalue weighted by Crippen LogP contribution is -2.46. The van der Waals surface area contributed by atoms with Crippen LogP contribution in [0, 0.1) is 5.41 Å². The zero-order chi connectivity index (χ0) is 14.6. The maximum atomic E-state index is 12.4. The van der Waals surface area contributed by atoms with Gasteiger partial charge in [0.1, 0.15) is 0 Å². The molecular formula is C15H20N2O3. The Balaban J connectivity index is 2.09. The molecule has 0 aliphatic carbocycles. The number of carbonyl (C=O) groups is 2. The highest BCUT2D eigenvalue weighted by Gasteiger charge is 2.34. The Morgan fingerprint density at radius 1 is 1.40 bits per heavy atom. The predicted octanol–water partition coefficient (Wildman–Crippen LogP) is 1.80. The quantitative estimate of drug-likeness (QED) is 0.826. The van der Waals surface area contributed by atoms with Gasteiger partial charge in [-0.2, -0.15) is 0 Å². The molecule has 2 N–H and O–H groups in total. The number of nitrogens with one attached hydrogen (secondary N) is 2. The molecule has 5 nitrogen and oxygen atoms in total. The first-order valence-electron chi connectivity index (χ1n) is 6.76. The van der Waals surface area contributed by atoms with Gasteiger partial charge in [-0.25, -0.2) is 4.79 Å². The molecular weight excluding hydrogens is 256 g/mol. The van der Waals surface area contributed by atoms with E-state index in [2.05, 4.69) is 15.4 Å². The van der Waals surface area contributed by atoms with Crippen LogP contribution in [0.1, 0.15) is 30.1 Å². The van der Waals surface area contributed by atoms with E-state index in [-0.39, 0.29) is 5.91 Å². The fourth-order valence-corrected chi connectivity index (χ4v) is 2.37. The highest BCUT2D eigenvalue weighted by atomic mass is 16.5. The number of anilines is 1. The fourth-order valence-electron chi connectivity index (χ4n) is 2.37. The summed E-state index contributed by atoms with van der Waals surface area (Å²) in [6.07, 6.45) is 1.86. The Labute approximate surface area is 118 Å². The molecule has 2 rings (SSSR count). The number of carbonyl (C=O) groups excluding carboxylic acids is 2. The summed E-state index contributed by atoms with van der Waals surface area (Å²) in [5, 5.41) is 6.13. The minimum atomic E-state index is -0.411. The molecule has 5 heteroatoms. The summed E-state index contributed by atoms with van der Waals surface area (Å²) < 4.78 is 4.67. The second-order valence-corrected chi connectivity index (χ2v) is 5.37. The molecule has 1 aliphatic rings. The van der Waals surface area contributed by atoms with E-state index in [4.69, 9.17) is 0 Å². The third-order valence-electron chi connectivity index (χ3n) is 3.69. The molecule has 1 fully saturated rings. The van der Waals surface area contributed by atoms with Crippen LogP contribution in [-0.2, 0) is 9.53 Å². The Morgan fingerprint density at radius 2 is 2.20 bits per heavy atom. The summed E-state index contributed by atoms with van der Waals surface area (Å²) in [7, 11) is 1.34. The Bertz CT molecular complexity index is 508. The van der Waals surface area contributed by atoms with Gasteiger partial charge in [-0.05, 0) is 44.5 Å². The SMILES string of the molecule is COC(=O)c1cccc(NC(=O)C2(C)CCCNC2)c1. The molecule has 1 unspecified atom stereocenters. The number of rotatable bonds is 3. The molecule has 1 atom stereocenters. The summed E-state index contributed by atoms with van der Waals surface area (Å²) in [4.78, 5) is 23.8. The minimum Gasteiger partial charge on any atom is -0.465 e. The van der Waals surface area contributed by atoms with Crippen LogP contribution < -0.4 is 10.6 Å². The van der Waals surface area contributed by atoms with Gasteiger partial charge in [-0.15, -0.1) is 0 Å². The summed E-state index contributed by atoms with van der Waals surface area (Å²) >= 11 is 0. The molecule has 0 bridgehead atoms. The summed E-state index contributed by atoms with van der Waals surface area (Å²) in [5.74, 6) is -0.432. The molecule has 1 aromatic carbocycles. The van der Waals surface area contributed by atoms with Gasteiger partial charge >= 0.3 is 5.97 Å². The number of benzene rings is 1. The van der Waals surface area contributed by atoms with Gasteiger partial charge in [0.25, 0.3) is 0 Å². The number of ether oxygens (including phenoxy) is 1. The molecule has 108 valence electrons. The van der Waals surface area contributed by atoms with Gasteiger partial charge in [0.2, 0.25) is 5.91 Å². The van der Waals surface area contributed by atoms with Crippen molar-refractivity contribution in [2.45, 2.75) is 19.8 Å². The molecule has 0 spiro atoms. The average Bonchev–Trinajstić information content (AvgIpc) is 2.47. The smallest absolute Gasteiger partial charge is 0.337 e. The second kappa shape index (κ2) is 6.05. The van der Waals surface area contributed by atoms with Crippen LogP contribution >= 0.6 is 0 Å². The van der Waals surface area contributed by atoms with E-state index in [0.29, 0.717) is 17.8 Å². The van der Waals surface area contributed by atoms with Crippen molar-refractivity contribution in [1.82, 2.24) is 5.32 Å². The van der Waals surface area contributed by atoms with Gasteiger partial charge in [0.05, 0.1) is 18.1 Å². The molecule has 1 saturated heterocycles. The van der Waals surface area contributed by atoms with Crippen LogP contribution in [0.5, 0.6) is 0 Å². The van der Waals surface area contributed by atoms with Crippen molar-refractivity contribution in [1.29, 1.82) is 0 Å². The first-order chi connectivity index (χ1) is 9.55. The fraction of sp³-hybridized carbons (Fsp3) is 0.467. The Hall–Kier alpha value is -1.88. The number of piperidine rings is 1. The monoisotopic (exact) mass is 276 g/mol. The van der Waals surface area contributed by atoms with Crippen molar-refractivity contribution in [3.63, 3.8) is 0 Å². The van der Waals surface area contributed by atoms with Crippen LogP contribution in [0.25, 0.3) is 0 Å². The Morgan fingerprint density at radius 3 is 2.85 bits per heavy atom. The topological polar surface area (TPSA) is 67.4 Å². The summed E-state index contributed by atoms with van der Waals surface area (Å²) in [6.45, 7) is 3.59. The van der Waals surface area contributed by atoms with Crippen LogP contribution in [0.2, 0.25) is 0 Å².